The van der Waals surface area contributed by atoms with E-state index >= 15 is 0 Å². The van der Waals surface area contributed by atoms with Gasteiger partial charge in [0.25, 0.3) is 0 Å². The first-order valence-corrected chi connectivity index (χ1v) is 20.4. The molecular weight excluding hydrogens is 713 g/mol. The predicted molar refractivity (Wildman–Crippen MR) is 252 cm³/mol. The van der Waals surface area contributed by atoms with Crippen molar-refractivity contribution in [1.29, 1.82) is 5.41 Å². The van der Waals surface area contributed by atoms with Gasteiger partial charge in [-0.3, -0.25) is 5.41 Å². The van der Waals surface area contributed by atoms with Crippen LogP contribution in [0.15, 0.2) is 199 Å². The molecule has 0 fully saturated rings. The van der Waals surface area contributed by atoms with E-state index in [2.05, 4.69) is 184 Å². The highest BCUT2D eigenvalue weighted by Crippen LogP contribution is 2.49. The Labute approximate surface area is 344 Å². The molecule has 1 aliphatic carbocycles. The van der Waals surface area contributed by atoms with E-state index in [-0.39, 0.29) is 11.3 Å². The maximum Gasteiger partial charge on any atom is 0.152 e. The fourth-order valence-corrected chi connectivity index (χ4v) is 9.71. The number of amidine groups is 1. The number of fused-ring (bicyclic) bond motifs is 9. The van der Waals surface area contributed by atoms with Crippen molar-refractivity contribution >= 4 is 71.5 Å². The second-order valence-corrected chi connectivity index (χ2v) is 16.2. The lowest BCUT2D eigenvalue weighted by Crippen LogP contribution is -2.15. The summed E-state index contributed by atoms with van der Waals surface area (Å²) in [7, 11) is 0. The smallest absolute Gasteiger partial charge is 0.152 e. The zero-order valence-electron chi connectivity index (χ0n) is 33.0. The number of hydrogen-bond acceptors (Lipinski definition) is 1. The first-order valence-electron chi connectivity index (χ1n) is 20.4. The maximum atomic E-state index is 9.18. The van der Waals surface area contributed by atoms with Gasteiger partial charge in [0, 0.05) is 16.5 Å². The molecule has 278 valence electrons. The highest BCUT2D eigenvalue weighted by Gasteiger charge is 2.35. The van der Waals surface area contributed by atoms with Gasteiger partial charge >= 0.3 is 0 Å². The summed E-state index contributed by atoms with van der Waals surface area (Å²) in [5.74, 6) is 0.230. The Morgan fingerprint density at radius 2 is 1.00 bits per heavy atom. The molecule has 11 rings (SSSR count). The molecule has 0 radical (unpaired) electrons. The Hall–Kier alpha value is -7.42. The first kappa shape index (κ1) is 34.8. The summed E-state index contributed by atoms with van der Waals surface area (Å²) in [5.41, 5.74) is 11.1. The summed E-state index contributed by atoms with van der Waals surface area (Å²) in [6.45, 7) is 4.61. The molecule has 0 spiro atoms. The minimum absolute atomic E-state index is 0.163. The number of allylic oxidation sites excluding steroid dienone is 1. The quantitative estimate of drug-likeness (QED) is 0.0787. The fourth-order valence-electron chi connectivity index (χ4n) is 9.71. The van der Waals surface area contributed by atoms with E-state index in [0.717, 1.165) is 22.4 Å². The van der Waals surface area contributed by atoms with Gasteiger partial charge in [0.15, 0.2) is 5.84 Å². The molecule has 0 aliphatic heterocycles. The van der Waals surface area contributed by atoms with Crippen molar-refractivity contribution in [3.63, 3.8) is 0 Å². The molecular formula is C57H40N2. The largest absolute Gasteiger partial charge is 0.282 e. The lowest BCUT2D eigenvalue weighted by molar-refractivity contribution is 0.660. The molecule has 1 N–H and O–H groups in total. The van der Waals surface area contributed by atoms with E-state index in [1.807, 2.05) is 30.3 Å². The minimum atomic E-state index is -0.163. The van der Waals surface area contributed by atoms with Crippen molar-refractivity contribution in [3.8, 4) is 22.3 Å². The van der Waals surface area contributed by atoms with Gasteiger partial charge in [0.2, 0.25) is 0 Å². The number of aliphatic imine (C=N–C) groups is 1. The van der Waals surface area contributed by atoms with Crippen LogP contribution in [0.25, 0.3) is 82.2 Å². The van der Waals surface area contributed by atoms with E-state index in [9.17, 15) is 5.41 Å². The standard InChI is InChI=1S/C57H40N2/c1-57(2)51-27-15-14-24-45(51)46-30-29-39(35-52(46)57)53(59-56(58)37-17-4-3-5-18-37)33-32-44-42-22-10-12-25-47(42)55(48-26-13-11-23-43(44)48)54-41-21-9-7-19-38(41)34-50-40-20-8-6-16-36(40)28-31-49(50)54/h3-35,58H,1-2H3/b33-32+,58-56?,59-53?. The molecule has 0 aromatic heterocycles. The Kier molecular flexibility index (Phi) is 8.03. The van der Waals surface area contributed by atoms with E-state index < -0.39 is 0 Å². The van der Waals surface area contributed by atoms with Crippen LogP contribution in [0.2, 0.25) is 0 Å². The van der Waals surface area contributed by atoms with Crippen molar-refractivity contribution in [2.24, 2.45) is 4.99 Å². The zero-order valence-corrected chi connectivity index (χ0v) is 33.0. The van der Waals surface area contributed by atoms with Gasteiger partial charge in [-0.1, -0.05) is 196 Å². The normalized spacial score (nSPS) is 13.5. The summed E-state index contributed by atoms with van der Waals surface area (Å²) < 4.78 is 0. The Balaban J connectivity index is 1.15. The second-order valence-electron chi connectivity index (χ2n) is 16.2. The third-order valence-corrected chi connectivity index (χ3v) is 12.6. The van der Waals surface area contributed by atoms with E-state index in [0.29, 0.717) is 0 Å². The van der Waals surface area contributed by atoms with Gasteiger partial charge in [-0.15, -0.1) is 0 Å². The highest BCUT2D eigenvalue weighted by molar-refractivity contribution is 6.28. The second kappa shape index (κ2) is 13.6. The topological polar surface area (TPSA) is 36.2 Å². The SMILES string of the molecule is CC1(C)c2ccccc2-c2ccc(C(/C=C/c3c4ccccc4c(-c4c5ccccc5cc5c4ccc4ccccc45)c4ccccc34)=NC(=N)c3ccccc3)cc21. The molecule has 0 unspecified atom stereocenters. The van der Waals surface area contributed by atoms with Crippen LogP contribution in [0.5, 0.6) is 0 Å². The first-order chi connectivity index (χ1) is 29.0. The van der Waals surface area contributed by atoms with E-state index in [1.165, 1.54) is 87.2 Å². The number of nitrogens with one attached hydrogen (secondary N) is 1. The van der Waals surface area contributed by atoms with Crippen LogP contribution in [0, 0.1) is 5.41 Å². The summed E-state index contributed by atoms with van der Waals surface area (Å²) in [5, 5.41) is 21.4. The van der Waals surface area contributed by atoms with Gasteiger partial charge in [0.05, 0.1) is 5.71 Å². The van der Waals surface area contributed by atoms with E-state index in [4.69, 9.17) is 4.99 Å². The van der Waals surface area contributed by atoms with Crippen molar-refractivity contribution in [2.75, 3.05) is 0 Å². The van der Waals surface area contributed by atoms with E-state index in [1.54, 1.807) is 0 Å². The van der Waals surface area contributed by atoms with Gasteiger partial charge in [0.1, 0.15) is 0 Å². The molecule has 0 atom stereocenters. The summed E-state index contributed by atoms with van der Waals surface area (Å²) in [6, 6.07) is 67.4. The van der Waals surface area contributed by atoms with Crippen LogP contribution in [-0.4, -0.2) is 11.5 Å². The van der Waals surface area contributed by atoms with Crippen LogP contribution >= 0.6 is 0 Å². The van der Waals surface area contributed by atoms with Crippen LogP contribution in [0.1, 0.15) is 41.7 Å². The average molecular weight is 753 g/mol. The summed E-state index contributed by atoms with van der Waals surface area (Å²) >= 11 is 0. The number of rotatable bonds is 5. The van der Waals surface area contributed by atoms with Crippen molar-refractivity contribution in [1.82, 2.24) is 0 Å². The van der Waals surface area contributed by atoms with Crippen LogP contribution < -0.4 is 0 Å². The predicted octanol–water partition coefficient (Wildman–Crippen LogP) is 15.0. The van der Waals surface area contributed by atoms with Gasteiger partial charge in [-0.2, -0.15) is 0 Å². The minimum Gasteiger partial charge on any atom is -0.282 e. The lowest BCUT2D eigenvalue weighted by atomic mass is 9.81. The van der Waals surface area contributed by atoms with Gasteiger partial charge in [-0.25, -0.2) is 4.99 Å². The maximum absolute atomic E-state index is 9.18. The molecule has 10 aromatic carbocycles. The van der Waals surface area contributed by atoms with Crippen molar-refractivity contribution in [2.45, 2.75) is 19.3 Å². The molecule has 0 amide bonds. The van der Waals surface area contributed by atoms with Crippen LogP contribution in [0.3, 0.4) is 0 Å². The Morgan fingerprint density at radius 3 is 1.75 bits per heavy atom. The number of benzene rings is 10. The average Bonchev–Trinajstić information content (AvgIpc) is 3.52. The number of nitrogens with zero attached hydrogens (tertiary/aromatic N) is 1. The molecule has 2 heteroatoms. The molecule has 0 saturated carbocycles. The molecule has 0 heterocycles. The molecule has 1 aliphatic rings. The molecule has 0 saturated heterocycles. The summed E-state index contributed by atoms with van der Waals surface area (Å²) in [6.07, 6.45) is 4.36. The third kappa shape index (κ3) is 5.56. The molecule has 59 heavy (non-hydrogen) atoms. The van der Waals surface area contributed by atoms with Gasteiger partial charge in [-0.05, 0) is 111 Å². The number of hydrogen-bond donors (Lipinski definition) is 1. The van der Waals surface area contributed by atoms with Crippen LogP contribution in [-0.2, 0) is 5.41 Å². The third-order valence-electron chi connectivity index (χ3n) is 12.6. The van der Waals surface area contributed by atoms with Crippen LogP contribution in [0.4, 0.5) is 0 Å². The zero-order chi connectivity index (χ0) is 39.7. The fraction of sp³-hybridized carbons (Fsp3) is 0.0526. The Bertz CT molecular complexity index is 3360. The van der Waals surface area contributed by atoms with Crippen molar-refractivity contribution < 1.29 is 0 Å². The van der Waals surface area contributed by atoms with Gasteiger partial charge < -0.3 is 0 Å². The monoisotopic (exact) mass is 752 g/mol. The lowest BCUT2D eigenvalue weighted by Gasteiger charge is -2.22. The Morgan fingerprint density at radius 1 is 0.441 bits per heavy atom. The molecule has 2 nitrogen and oxygen atoms in total. The highest BCUT2D eigenvalue weighted by atomic mass is 14.8. The summed E-state index contributed by atoms with van der Waals surface area (Å²) in [4.78, 5) is 5.09. The molecule has 10 aromatic rings. The van der Waals surface area contributed by atoms with Crippen molar-refractivity contribution in [3.05, 3.63) is 222 Å². The molecule has 0 bridgehead atoms.